The number of anilines is 2. The van der Waals surface area contributed by atoms with Gasteiger partial charge in [0, 0.05) is 61.3 Å². The number of aromatic nitrogens is 3. The van der Waals surface area contributed by atoms with E-state index in [4.69, 9.17) is 27.9 Å². The van der Waals surface area contributed by atoms with Crippen LogP contribution >= 0.6 is 23.2 Å². The molecule has 1 aliphatic rings. The molecule has 0 fully saturated rings. The molecule has 3 aromatic heterocycles. The van der Waals surface area contributed by atoms with Crippen molar-refractivity contribution in [2.45, 2.75) is 45.5 Å². The molecule has 0 radical (unpaired) electrons. The Morgan fingerprint density at radius 2 is 1.85 bits per heavy atom. The van der Waals surface area contributed by atoms with E-state index in [0.717, 1.165) is 35.0 Å². The van der Waals surface area contributed by atoms with Crippen LogP contribution in [-0.4, -0.2) is 74.5 Å². The van der Waals surface area contributed by atoms with Crippen LogP contribution in [0.3, 0.4) is 0 Å². The number of fused-ring (bicyclic) bond motifs is 2. The first-order valence-corrected chi connectivity index (χ1v) is 17.8. The van der Waals surface area contributed by atoms with Crippen LogP contribution in [0, 0.1) is 0 Å². The predicted molar refractivity (Wildman–Crippen MR) is 203 cm³/mol. The maximum Gasteiger partial charge on any atom is 0.325 e. The quantitative estimate of drug-likeness (QED) is 0.0938. The fourth-order valence-corrected chi connectivity index (χ4v) is 6.76. The topological polar surface area (TPSA) is 133 Å². The van der Waals surface area contributed by atoms with E-state index < -0.39 is 23.9 Å². The predicted octanol–water partition coefficient (Wildman–Crippen LogP) is 6.96. The molecule has 0 aliphatic carbocycles. The molecule has 10 nitrogen and oxygen atoms in total. The molecule has 0 spiro atoms. The molecule has 2 aromatic carbocycles. The van der Waals surface area contributed by atoms with E-state index in [1.54, 1.807) is 50.6 Å². The maximum absolute atomic E-state index is 15.7. The second-order valence-corrected chi connectivity index (χ2v) is 13.4. The number of benzene rings is 2. The number of carbonyl (C=O) groups is 1. The van der Waals surface area contributed by atoms with Crippen molar-refractivity contribution in [2.75, 3.05) is 31.6 Å². The summed E-state index contributed by atoms with van der Waals surface area (Å²) in [5.41, 5.74) is 6.03. The number of halogens is 3. The van der Waals surface area contributed by atoms with Crippen molar-refractivity contribution in [3.05, 3.63) is 111 Å². The highest BCUT2D eigenvalue weighted by molar-refractivity contribution is 6.39. The molecule has 0 amide bonds. The van der Waals surface area contributed by atoms with E-state index in [9.17, 15) is 15.0 Å². The van der Waals surface area contributed by atoms with Crippen LogP contribution < -0.4 is 10.6 Å². The van der Waals surface area contributed by atoms with Crippen LogP contribution in [0.25, 0.3) is 33.9 Å². The summed E-state index contributed by atoms with van der Waals surface area (Å²) in [6.45, 7) is 5.64. The van der Waals surface area contributed by atoms with E-state index >= 15 is 4.39 Å². The first kappa shape index (κ1) is 37.3. The number of esters is 1. The molecule has 4 N–H and O–H groups in total. The summed E-state index contributed by atoms with van der Waals surface area (Å²) in [6, 6.07) is 15.6. The number of hydrogen-bond acceptors (Lipinski definition) is 10. The summed E-state index contributed by atoms with van der Waals surface area (Å²) in [4.78, 5) is 27.7. The molecule has 4 heterocycles. The third kappa shape index (κ3) is 8.58. The minimum atomic E-state index is -0.842. The Kier molecular flexibility index (Phi) is 12.1. The Labute approximate surface area is 311 Å². The Morgan fingerprint density at radius 1 is 1.06 bits per heavy atom. The number of aliphatic hydroxyl groups is 2. The van der Waals surface area contributed by atoms with Crippen LogP contribution in [0.4, 0.5) is 15.9 Å². The van der Waals surface area contributed by atoms with E-state index in [1.807, 2.05) is 36.4 Å². The fraction of sp³-hybridized carbons (Fsp3) is 0.282. The number of ether oxygens (including phenoxy) is 1. The van der Waals surface area contributed by atoms with Gasteiger partial charge in [0.15, 0.2) is 5.82 Å². The van der Waals surface area contributed by atoms with E-state index in [-0.39, 0.29) is 18.9 Å². The standard InChI is InChI=1S/C39H39Cl2FN6O4/c1-3-52-39(51)34(22-49)44-17-24-14-27-10-12-43-38(37(27)46-18-24)47-32-9-5-8-30(36(32)41)29-7-4-6-26(35(29)40)15-31(42)33-16-25-11-13-48(20-23(2)50)21-28(25)19-45-33/h4-10,12,14-16,18-19,23,34,44,49-50H,3,11,13,17,20-22H2,1-2H3,(H,43,47)/b31-15-/t23-,34-/m1/s1. The molecule has 0 unspecified atom stereocenters. The van der Waals surface area contributed by atoms with Crippen molar-refractivity contribution in [1.29, 1.82) is 0 Å². The third-order valence-electron chi connectivity index (χ3n) is 8.76. The number of nitrogens with zero attached hydrogens (tertiary/aromatic N) is 4. The van der Waals surface area contributed by atoms with Gasteiger partial charge in [0.25, 0.3) is 0 Å². The normalized spacial score (nSPS) is 14.6. The maximum atomic E-state index is 15.7. The largest absolute Gasteiger partial charge is 0.465 e. The van der Waals surface area contributed by atoms with Crippen LogP contribution in [0.2, 0.25) is 10.0 Å². The van der Waals surface area contributed by atoms with E-state index in [2.05, 4.69) is 30.5 Å². The van der Waals surface area contributed by atoms with Gasteiger partial charge in [-0.25, -0.2) is 9.37 Å². The molecule has 0 bridgehead atoms. The Balaban J connectivity index is 1.21. The number of rotatable bonds is 13. The molecule has 6 rings (SSSR count). The van der Waals surface area contributed by atoms with Gasteiger partial charge in [0.2, 0.25) is 0 Å². The van der Waals surface area contributed by atoms with Crippen LogP contribution in [0.1, 0.15) is 41.8 Å². The third-order valence-corrected chi connectivity index (χ3v) is 9.59. The van der Waals surface area contributed by atoms with Gasteiger partial charge in [-0.3, -0.25) is 25.0 Å². The molecule has 1 aliphatic heterocycles. The van der Waals surface area contributed by atoms with Gasteiger partial charge in [-0.2, -0.15) is 0 Å². The van der Waals surface area contributed by atoms with Gasteiger partial charge < -0.3 is 20.3 Å². The Morgan fingerprint density at radius 3 is 2.62 bits per heavy atom. The summed E-state index contributed by atoms with van der Waals surface area (Å²) >= 11 is 13.9. The van der Waals surface area contributed by atoms with Crippen molar-refractivity contribution in [3.63, 3.8) is 0 Å². The second-order valence-electron chi connectivity index (χ2n) is 12.6. The van der Waals surface area contributed by atoms with Crippen molar-refractivity contribution < 1.29 is 24.1 Å². The first-order valence-electron chi connectivity index (χ1n) is 17.0. The van der Waals surface area contributed by atoms with Crippen molar-refractivity contribution in [2.24, 2.45) is 0 Å². The second kappa shape index (κ2) is 16.9. The number of aliphatic hydroxyl groups excluding tert-OH is 2. The molecule has 52 heavy (non-hydrogen) atoms. The highest BCUT2D eigenvalue weighted by Crippen LogP contribution is 2.40. The lowest BCUT2D eigenvalue weighted by molar-refractivity contribution is -0.146. The summed E-state index contributed by atoms with van der Waals surface area (Å²) in [7, 11) is 0. The minimum absolute atomic E-state index is 0.225. The van der Waals surface area contributed by atoms with Crippen molar-refractivity contribution in [3.8, 4) is 11.1 Å². The monoisotopic (exact) mass is 744 g/mol. The van der Waals surface area contributed by atoms with Gasteiger partial charge in [-0.05, 0) is 72.9 Å². The number of pyridine rings is 3. The molecule has 0 saturated carbocycles. The summed E-state index contributed by atoms with van der Waals surface area (Å²) < 4.78 is 20.7. The average molecular weight is 746 g/mol. The highest BCUT2D eigenvalue weighted by atomic mass is 35.5. The number of hydrogen-bond donors (Lipinski definition) is 4. The van der Waals surface area contributed by atoms with Gasteiger partial charge >= 0.3 is 5.97 Å². The van der Waals surface area contributed by atoms with E-state index in [1.165, 1.54) is 6.08 Å². The van der Waals surface area contributed by atoms with Crippen LogP contribution in [0.5, 0.6) is 0 Å². The summed E-state index contributed by atoms with van der Waals surface area (Å²) in [6.07, 6.45) is 6.75. The zero-order chi connectivity index (χ0) is 36.8. The molecule has 2 atom stereocenters. The zero-order valence-corrected chi connectivity index (χ0v) is 30.3. The molecule has 5 aromatic rings. The molecule has 270 valence electrons. The number of nitrogens with one attached hydrogen (secondary N) is 2. The van der Waals surface area contributed by atoms with E-state index in [0.29, 0.717) is 63.4 Å². The highest BCUT2D eigenvalue weighted by Gasteiger charge is 2.21. The summed E-state index contributed by atoms with van der Waals surface area (Å²) in [5.74, 6) is -0.542. The summed E-state index contributed by atoms with van der Waals surface area (Å²) in [5, 5.41) is 27.2. The van der Waals surface area contributed by atoms with Crippen molar-refractivity contribution in [1.82, 2.24) is 25.2 Å². The fourth-order valence-electron chi connectivity index (χ4n) is 6.20. The molecular weight excluding hydrogens is 706 g/mol. The number of β-amino-alcohol motifs (C(OH)–C–C–N with tert-alkyl or cyclic N) is 1. The number of carbonyl (C=O) groups excluding carboxylic acids is 1. The SMILES string of the molecule is CCOC(=O)[C@@H](CO)NCc1cnc2c(Nc3cccc(-c4cccc(/C=C(\F)c5cc6c(cn5)CN(C[C@@H](C)O)CC6)c4Cl)c3Cl)nccc2c1. The molecular formula is C39H39Cl2FN6O4. The average Bonchev–Trinajstić information content (AvgIpc) is 3.13. The van der Waals surface area contributed by atoms with Crippen LogP contribution in [-0.2, 0) is 29.0 Å². The lowest BCUT2D eigenvalue weighted by Crippen LogP contribution is -2.40. The Bertz CT molecular complexity index is 2110. The van der Waals surface area contributed by atoms with Gasteiger partial charge in [0.05, 0.1) is 40.7 Å². The zero-order valence-electron chi connectivity index (χ0n) is 28.7. The van der Waals surface area contributed by atoms with Gasteiger partial charge in [-0.15, -0.1) is 0 Å². The molecule has 0 saturated heterocycles. The smallest absolute Gasteiger partial charge is 0.325 e. The van der Waals surface area contributed by atoms with Gasteiger partial charge in [-0.1, -0.05) is 53.5 Å². The van der Waals surface area contributed by atoms with Crippen molar-refractivity contribution >= 4 is 63.5 Å². The van der Waals surface area contributed by atoms with Crippen LogP contribution in [0.15, 0.2) is 73.2 Å². The Hall–Kier alpha value is -4.49. The van der Waals surface area contributed by atoms with Gasteiger partial charge in [0.1, 0.15) is 17.4 Å². The first-order chi connectivity index (χ1) is 25.1. The lowest BCUT2D eigenvalue weighted by atomic mass is 9.99. The minimum Gasteiger partial charge on any atom is -0.465 e. The lowest BCUT2D eigenvalue weighted by Gasteiger charge is -2.29. The molecule has 13 heteroatoms.